The first-order valence-electron chi connectivity index (χ1n) is 5.62. The Hall–Kier alpha value is -1.87. The van der Waals surface area contributed by atoms with Crippen molar-refractivity contribution >= 4 is 0 Å². The van der Waals surface area contributed by atoms with Gasteiger partial charge >= 0.3 is 0 Å². The first-order chi connectivity index (χ1) is 8.28. The second-order valence-electron chi connectivity index (χ2n) is 3.93. The lowest BCUT2D eigenvalue weighted by atomic mass is 10.2. The Balaban J connectivity index is 1.99. The molecular weight excluding hydrogens is 212 g/mol. The highest BCUT2D eigenvalue weighted by Crippen LogP contribution is 2.13. The van der Waals surface area contributed by atoms with Crippen molar-refractivity contribution < 1.29 is 4.74 Å². The van der Waals surface area contributed by atoms with E-state index in [1.807, 2.05) is 42.5 Å². The number of ether oxygens (including phenoxy) is 1. The van der Waals surface area contributed by atoms with E-state index in [4.69, 9.17) is 10.5 Å². The molecule has 0 fully saturated rings. The van der Waals surface area contributed by atoms with Crippen molar-refractivity contribution in [2.75, 3.05) is 0 Å². The maximum Gasteiger partial charge on any atom is 0.130 e. The Labute approximate surface area is 101 Å². The van der Waals surface area contributed by atoms with Gasteiger partial charge in [-0.25, -0.2) is 0 Å². The van der Waals surface area contributed by atoms with E-state index in [1.165, 1.54) is 5.56 Å². The summed E-state index contributed by atoms with van der Waals surface area (Å²) < 4.78 is 5.64. The summed E-state index contributed by atoms with van der Waals surface area (Å²) >= 11 is 0. The van der Waals surface area contributed by atoms with Gasteiger partial charge in [-0.1, -0.05) is 23.8 Å². The summed E-state index contributed by atoms with van der Waals surface area (Å²) in [4.78, 5) is 4.37. The van der Waals surface area contributed by atoms with Gasteiger partial charge in [0.1, 0.15) is 12.4 Å². The zero-order valence-electron chi connectivity index (χ0n) is 9.89. The quantitative estimate of drug-likeness (QED) is 0.874. The lowest BCUT2D eigenvalue weighted by Crippen LogP contribution is -2.04. The molecule has 3 heteroatoms. The molecule has 0 bridgehead atoms. The smallest absolute Gasteiger partial charge is 0.130 e. The summed E-state index contributed by atoms with van der Waals surface area (Å²) in [6, 6.07) is 13.8. The molecule has 0 atom stereocenters. The first kappa shape index (κ1) is 11.6. The van der Waals surface area contributed by atoms with Crippen LogP contribution in [0.4, 0.5) is 0 Å². The number of aromatic nitrogens is 1. The van der Waals surface area contributed by atoms with Gasteiger partial charge in [0, 0.05) is 6.54 Å². The second kappa shape index (κ2) is 5.46. The molecule has 3 nitrogen and oxygen atoms in total. The van der Waals surface area contributed by atoms with Crippen LogP contribution in [0.5, 0.6) is 5.75 Å². The van der Waals surface area contributed by atoms with Crippen molar-refractivity contribution in [2.45, 2.75) is 20.1 Å². The Morgan fingerprint density at radius 3 is 2.47 bits per heavy atom. The van der Waals surface area contributed by atoms with Gasteiger partial charge in [-0.05, 0) is 31.2 Å². The minimum absolute atomic E-state index is 0.457. The van der Waals surface area contributed by atoms with Gasteiger partial charge in [0.2, 0.25) is 0 Å². The molecule has 1 aromatic carbocycles. The summed E-state index contributed by atoms with van der Waals surface area (Å²) in [5, 5.41) is 0. The molecule has 0 amide bonds. The molecule has 2 N–H and O–H groups in total. The Kier molecular flexibility index (Phi) is 3.73. The summed E-state index contributed by atoms with van der Waals surface area (Å²) in [6.07, 6.45) is 0. The third kappa shape index (κ3) is 3.29. The molecule has 0 spiro atoms. The van der Waals surface area contributed by atoms with Crippen LogP contribution in [0, 0.1) is 6.92 Å². The molecule has 2 aromatic rings. The molecule has 1 heterocycles. The van der Waals surface area contributed by atoms with E-state index in [9.17, 15) is 0 Å². The van der Waals surface area contributed by atoms with E-state index in [0.717, 1.165) is 17.1 Å². The number of rotatable bonds is 4. The van der Waals surface area contributed by atoms with Crippen LogP contribution in [-0.2, 0) is 13.2 Å². The predicted molar refractivity (Wildman–Crippen MR) is 67.6 cm³/mol. The monoisotopic (exact) mass is 228 g/mol. The standard InChI is InChI=1S/C14H16N2O/c1-11-5-7-14(8-6-11)17-10-13-4-2-3-12(9-15)16-13/h2-8H,9-10,15H2,1H3. The minimum atomic E-state index is 0.457. The Bertz CT molecular complexity index is 480. The number of nitrogens with two attached hydrogens (primary N) is 1. The molecule has 1 aromatic heterocycles. The van der Waals surface area contributed by atoms with Crippen LogP contribution in [0.25, 0.3) is 0 Å². The topological polar surface area (TPSA) is 48.1 Å². The number of nitrogens with zero attached hydrogens (tertiary/aromatic N) is 1. The van der Waals surface area contributed by atoms with Crippen LogP contribution in [0.15, 0.2) is 42.5 Å². The van der Waals surface area contributed by atoms with Gasteiger partial charge in [-0.2, -0.15) is 0 Å². The highest BCUT2D eigenvalue weighted by Gasteiger charge is 1.98. The number of benzene rings is 1. The first-order valence-corrected chi connectivity index (χ1v) is 5.62. The number of aryl methyl sites for hydroxylation is 1. The fourth-order valence-corrected chi connectivity index (χ4v) is 1.52. The van der Waals surface area contributed by atoms with E-state index in [1.54, 1.807) is 0 Å². The lowest BCUT2D eigenvalue weighted by molar-refractivity contribution is 0.301. The number of hydrogen-bond donors (Lipinski definition) is 1. The van der Waals surface area contributed by atoms with Crippen molar-refractivity contribution in [3.05, 3.63) is 59.4 Å². The molecular formula is C14H16N2O. The summed E-state index contributed by atoms with van der Waals surface area (Å²) in [7, 11) is 0. The van der Waals surface area contributed by atoms with Crippen molar-refractivity contribution in [2.24, 2.45) is 5.73 Å². The van der Waals surface area contributed by atoms with Gasteiger partial charge in [0.05, 0.1) is 11.4 Å². The predicted octanol–water partition coefficient (Wildman–Crippen LogP) is 2.43. The van der Waals surface area contributed by atoms with Crippen molar-refractivity contribution in [1.29, 1.82) is 0 Å². The van der Waals surface area contributed by atoms with E-state index in [0.29, 0.717) is 13.2 Å². The minimum Gasteiger partial charge on any atom is -0.487 e. The van der Waals surface area contributed by atoms with Crippen molar-refractivity contribution in [3.8, 4) is 5.75 Å². The SMILES string of the molecule is Cc1ccc(OCc2cccc(CN)n2)cc1. The largest absolute Gasteiger partial charge is 0.487 e. The zero-order chi connectivity index (χ0) is 12.1. The molecule has 0 aliphatic carbocycles. The average Bonchev–Trinajstić information content (AvgIpc) is 2.38. The fourth-order valence-electron chi connectivity index (χ4n) is 1.52. The normalized spacial score (nSPS) is 10.2. The third-order valence-electron chi connectivity index (χ3n) is 2.48. The van der Waals surface area contributed by atoms with Gasteiger partial charge < -0.3 is 10.5 Å². The summed E-state index contributed by atoms with van der Waals surface area (Å²) in [5.74, 6) is 0.857. The molecule has 88 valence electrons. The van der Waals surface area contributed by atoms with E-state index in [2.05, 4.69) is 11.9 Å². The van der Waals surface area contributed by atoms with Gasteiger partial charge in [-0.3, -0.25) is 4.98 Å². The van der Waals surface area contributed by atoms with Crippen molar-refractivity contribution in [3.63, 3.8) is 0 Å². The van der Waals surface area contributed by atoms with E-state index in [-0.39, 0.29) is 0 Å². The van der Waals surface area contributed by atoms with Crippen LogP contribution in [0.1, 0.15) is 17.0 Å². The maximum atomic E-state index is 5.64. The van der Waals surface area contributed by atoms with Crippen LogP contribution >= 0.6 is 0 Å². The Morgan fingerprint density at radius 1 is 1.06 bits per heavy atom. The van der Waals surface area contributed by atoms with Crippen LogP contribution in [0.2, 0.25) is 0 Å². The highest BCUT2D eigenvalue weighted by atomic mass is 16.5. The maximum absolute atomic E-state index is 5.64. The van der Waals surface area contributed by atoms with E-state index < -0.39 is 0 Å². The molecule has 0 aliphatic rings. The van der Waals surface area contributed by atoms with Crippen LogP contribution in [-0.4, -0.2) is 4.98 Å². The van der Waals surface area contributed by atoms with Crippen molar-refractivity contribution in [1.82, 2.24) is 4.98 Å². The van der Waals surface area contributed by atoms with Crippen LogP contribution in [0.3, 0.4) is 0 Å². The molecule has 0 radical (unpaired) electrons. The molecule has 0 saturated heterocycles. The van der Waals surface area contributed by atoms with Gasteiger partial charge in [0.25, 0.3) is 0 Å². The average molecular weight is 228 g/mol. The van der Waals surface area contributed by atoms with Gasteiger partial charge in [0.15, 0.2) is 0 Å². The summed E-state index contributed by atoms with van der Waals surface area (Å²) in [6.45, 7) is 2.98. The lowest BCUT2D eigenvalue weighted by Gasteiger charge is -2.06. The van der Waals surface area contributed by atoms with Gasteiger partial charge in [-0.15, -0.1) is 0 Å². The molecule has 17 heavy (non-hydrogen) atoms. The summed E-state index contributed by atoms with van der Waals surface area (Å²) in [5.41, 5.74) is 8.54. The third-order valence-corrected chi connectivity index (χ3v) is 2.48. The Morgan fingerprint density at radius 2 is 1.76 bits per heavy atom. The highest BCUT2D eigenvalue weighted by molar-refractivity contribution is 5.26. The molecule has 0 unspecified atom stereocenters. The second-order valence-corrected chi connectivity index (χ2v) is 3.93. The zero-order valence-corrected chi connectivity index (χ0v) is 9.89. The number of hydrogen-bond acceptors (Lipinski definition) is 3. The number of pyridine rings is 1. The molecule has 0 aliphatic heterocycles. The fraction of sp³-hybridized carbons (Fsp3) is 0.214. The molecule has 0 saturated carbocycles. The van der Waals surface area contributed by atoms with Crippen LogP contribution < -0.4 is 10.5 Å². The van der Waals surface area contributed by atoms with E-state index >= 15 is 0 Å². The molecule has 2 rings (SSSR count).